The number of nitrogens with zero attached hydrogens (tertiary/aromatic N) is 1. The lowest BCUT2D eigenvalue weighted by Crippen LogP contribution is -2.32. The van der Waals surface area contributed by atoms with Crippen molar-refractivity contribution in [2.24, 2.45) is 0 Å². The minimum Gasteiger partial charge on any atom is -0.478 e. The molecule has 8 heteroatoms. The Labute approximate surface area is 169 Å². The van der Waals surface area contributed by atoms with E-state index in [1.165, 1.54) is 11.8 Å². The Morgan fingerprint density at radius 2 is 1.92 bits per heavy atom. The average Bonchev–Trinajstić information content (AvgIpc) is 2.55. The lowest BCUT2D eigenvalue weighted by molar-refractivity contribution is -0.131. The molecule has 0 saturated carbocycles. The van der Waals surface area contributed by atoms with Crippen LogP contribution in [0.1, 0.15) is 5.56 Å². The first kappa shape index (κ1) is 18.5. The van der Waals surface area contributed by atoms with Crippen molar-refractivity contribution in [2.45, 2.75) is 11.4 Å². The second-order valence-electron chi connectivity index (χ2n) is 5.18. The van der Waals surface area contributed by atoms with Crippen LogP contribution in [-0.2, 0) is 11.3 Å². The van der Waals surface area contributed by atoms with E-state index < -0.39 is 5.97 Å². The molecule has 1 heterocycles. The van der Waals surface area contributed by atoms with Gasteiger partial charge >= 0.3 is 5.97 Å². The highest BCUT2D eigenvalue weighted by Crippen LogP contribution is 2.46. The van der Waals surface area contributed by atoms with Gasteiger partial charge in [-0.15, -0.1) is 0 Å². The topological polar surface area (TPSA) is 40.5 Å². The van der Waals surface area contributed by atoms with Crippen molar-refractivity contribution >= 4 is 75.4 Å². The summed E-state index contributed by atoms with van der Waals surface area (Å²) in [6, 6.07) is 10.8. The maximum Gasteiger partial charge on any atom is 0.329 e. The summed E-state index contributed by atoms with van der Waals surface area (Å²) in [5.41, 5.74) is 1.72. The molecule has 0 aromatic heterocycles. The Hall–Kier alpha value is -1.24. The number of thiocarbonyl (C=S) groups is 1. The number of hydrogen-bond acceptors (Lipinski definition) is 3. The van der Waals surface area contributed by atoms with Gasteiger partial charge in [0, 0.05) is 12.6 Å². The van der Waals surface area contributed by atoms with E-state index in [-0.39, 0.29) is 0 Å². The van der Waals surface area contributed by atoms with Gasteiger partial charge in [-0.1, -0.05) is 70.9 Å². The van der Waals surface area contributed by atoms with Crippen molar-refractivity contribution in [3.8, 4) is 0 Å². The monoisotopic (exact) mass is 429 g/mol. The minimum atomic E-state index is -1.06. The summed E-state index contributed by atoms with van der Waals surface area (Å²) in [4.78, 5) is 14.6. The molecule has 0 fully saturated rings. The van der Waals surface area contributed by atoms with Gasteiger partial charge in [0.1, 0.15) is 4.99 Å². The van der Waals surface area contributed by atoms with Crippen molar-refractivity contribution < 1.29 is 9.90 Å². The highest BCUT2D eigenvalue weighted by atomic mass is 35.5. The zero-order valence-electron chi connectivity index (χ0n) is 12.5. The van der Waals surface area contributed by atoms with Gasteiger partial charge in [-0.3, -0.25) is 0 Å². The summed E-state index contributed by atoms with van der Waals surface area (Å²) in [5, 5.41) is 10.6. The number of rotatable bonds is 3. The lowest BCUT2D eigenvalue weighted by atomic mass is 10.2. The lowest BCUT2D eigenvalue weighted by Gasteiger charge is -2.33. The highest BCUT2D eigenvalue weighted by molar-refractivity contribution is 8.05. The van der Waals surface area contributed by atoms with E-state index in [9.17, 15) is 4.79 Å². The third-order valence-electron chi connectivity index (χ3n) is 3.48. The van der Waals surface area contributed by atoms with E-state index in [0.717, 1.165) is 22.2 Å². The molecule has 3 rings (SSSR count). The second-order valence-corrected chi connectivity index (χ2v) is 7.84. The number of fused-ring (bicyclic) bond motifs is 1. The van der Waals surface area contributed by atoms with E-state index in [1.807, 2.05) is 23.1 Å². The number of benzene rings is 2. The molecule has 0 aliphatic carbocycles. The molecular formula is C17H10Cl3NO2S2. The van der Waals surface area contributed by atoms with Crippen LogP contribution in [0.5, 0.6) is 0 Å². The number of carbonyl (C=O) groups is 1. The molecule has 1 N–H and O–H groups in total. The third kappa shape index (κ3) is 3.96. The molecule has 0 amide bonds. The second kappa shape index (κ2) is 7.56. The molecule has 0 bridgehead atoms. The minimum absolute atomic E-state index is 0.417. The zero-order chi connectivity index (χ0) is 18.1. The number of thioether (sulfide) groups is 1. The maximum absolute atomic E-state index is 11.1. The molecule has 0 radical (unpaired) electrons. The SMILES string of the molecule is O=C(O)C=C1Sc2c(Cl)cccc2N(Cc2ccc(Cl)c(Cl)c2)C1=S. The van der Waals surface area contributed by atoms with E-state index in [2.05, 4.69) is 0 Å². The van der Waals surface area contributed by atoms with Crippen LogP contribution in [0.3, 0.4) is 0 Å². The van der Waals surface area contributed by atoms with Crippen LogP contribution >= 0.6 is 58.8 Å². The Kier molecular flexibility index (Phi) is 5.61. The predicted octanol–water partition coefficient (Wildman–Crippen LogP) is 6.06. The zero-order valence-corrected chi connectivity index (χ0v) is 16.4. The summed E-state index contributed by atoms with van der Waals surface area (Å²) in [6.07, 6.45) is 1.10. The van der Waals surface area contributed by atoms with Gasteiger partial charge in [-0.25, -0.2) is 4.79 Å². The van der Waals surface area contributed by atoms with Crippen molar-refractivity contribution in [3.63, 3.8) is 0 Å². The molecule has 0 spiro atoms. The summed E-state index contributed by atoms with van der Waals surface area (Å²) >= 11 is 25.1. The van der Waals surface area contributed by atoms with Crippen LogP contribution in [0.4, 0.5) is 5.69 Å². The average molecular weight is 431 g/mol. The fourth-order valence-electron chi connectivity index (χ4n) is 2.39. The number of halogens is 3. The first-order valence-electron chi connectivity index (χ1n) is 7.03. The van der Waals surface area contributed by atoms with Crippen molar-refractivity contribution in [1.82, 2.24) is 0 Å². The largest absolute Gasteiger partial charge is 0.478 e. The van der Waals surface area contributed by atoms with Crippen molar-refractivity contribution in [1.29, 1.82) is 0 Å². The van der Waals surface area contributed by atoms with Crippen LogP contribution in [0.2, 0.25) is 15.1 Å². The predicted molar refractivity (Wildman–Crippen MR) is 108 cm³/mol. The molecular weight excluding hydrogens is 421 g/mol. The number of carboxylic acid groups (broad SMARTS) is 1. The van der Waals surface area contributed by atoms with Gasteiger partial charge in [-0.2, -0.15) is 0 Å². The molecule has 2 aromatic rings. The van der Waals surface area contributed by atoms with Gasteiger partial charge in [0.05, 0.1) is 30.6 Å². The Balaban J connectivity index is 2.06. The highest BCUT2D eigenvalue weighted by Gasteiger charge is 2.28. The quantitative estimate of drug-likeness (QED) is 0.474. The fraction of sp³-hybridized carbons (Fsp3) is 0.0588. The molecule has 1 aliphatic heterocycles. The van der Waals surface area contributed by atoms with E-state index in [4.69, 9.17) is 52.1 Å². The Morgan fingerprint density at radius 3 is 2.60 bits per heavy atom. The number of hydrogen-bond donors (Lipinski definition) is 1. The van der Waals surface area contributed by atoms with Crippen LogP contribution < -0.4 is 4.90 Å². The van der Waals surface area contributed by atoms with Gasteiger partial charge < -0.3 is 10.0 Å². The van der Waals surface area contributed by atoms with E-state index >= 15 is 0 Å². The molecule has 2 aromatic carbocycles. The van der Waals surface area contributed by atoms with E-state index in [1.54, 1.807) is 18.2 Å². The molecule has 0 atom stereocenters. The summed E-state index contributed by atoms with van der Waals surface area (Å²) < 4.78 is 0. The van der Waals surface area contributed by atoms with Crippen LogP contribution in [-0.4, -0.2) is 16.1 Å². The van der Waals surface area contributed by atoms with Gasteiger partial charge in [0.15, 0.2) is 0 Å². The summed E-state index contributed by atoms with van der Waals surface area (Å²) in [7, 11) is 0. The maximum atomic E-state index is 11.1. The molecule has 128 valence electrons. The normalized spacial score (nSPS) is 15.4. The third-order valence-corrected chi connectivity index (χ3v) is 6.38. The van der Waals surface area contributed by atoms with Crippen LogP contribution in [0.15, 0.2) is 52.3 Å². The summed E-state index contributed by atoms with van der Waals surface area (Å²) in [5.74, 6) is -1.06. The standard InChI is InChI=1S/C17H10Cl3NO2S2/c18-10-5-4-9(6-12(10)20)8-21-13-3-1-2-11(19)16(13)25-14(17(21)24)7-15(22)23/h1-7H,8H2,(H,22,23). The first-order valence-corrected chi connectivity index (χ1v) is 9.39. The molecule has 0 saturated heterocycles. The Bertz CT molecular complexity index is 915. The Morgan fingerprint density at radius 1 is 1.16 bits per heavy atom. The first-order chi connectivity index (χ1) is 11.9. The molecule has 25 heavy (non-hydrogen) atoms. The molecule has 3 nitrogen and oxygen atoms in total. The van der Waals surface area contributed by atoms with Gasteiger partial charge in [0.25, 0.3) is 0 Å². The summed E-state index contributed by atoms with van der Waals surface area (Å²) in [6.45, 7) is 0.417. The van der Waals surface area contributed by atoms with Crippen LogP contribution in [0.25, 0.3) is 0 Å². The number of anilines is 1. The number of aliphatic carboxylic acids is 1. The van der Waals surface area contributed by atoms with E-state index in [0.29, 0.717) is 31.5 Å². The molecule has 0 unspecified atom stereocenters. The number of carboxylic acids is 1. The van der Waals surface area contributed by atoms with Crippen molar-refractivity contribution in [3.05, 3.63) is 68.0 Å². The fourth-order valence-corrected chi connectivity index (χ4v) is 4.37. The van der Waals surface area contributed by atoms with Gasteiger partial charge in [0.2, 0.25) is 0 Å². The molecule has 1 aliphatic rings. The van der Waals surface area contributed by atoms with Crippen LogP contribution in [0, 0.1) is 0 Å². The van der Waals surface area contributed by atoms with Crippen molar-refractivity contribution in [2.75, 3.05) is 4.90 Å². The van der Waals surface area contributed by atoms with Gasteiger partial charge in [-0.05, 0) is 29.8 Å². The smallest absolute Gasteiger partial charge is 0.329 e.